The number of carbonyl (C=O) groups is 1. The predicted molar refractivity (Wildman–Crippen MR) is 71.6 cm³/mol. The van der Waals surface area contributed by atoms with Gasteiger partial charge in [-0.1, -0.05) is 40.5 Å². The van der Waals surface area contributed by atoms with Crippen LogP contribution < -0.4 is 11.1 Å². The number of nitrogens with two attached hydrogens (primary N) is 1. The van der Waals surface area contributed by atoms with Crippen LogP contribution in [0.15, 0.2) is 0 Å². The molecule has 1 saturated carbocycles. The van der Waals surface area contributed by atoms with Crippen molar-refractivity contribution in [2.45, 2.75) is 58.9 Å². The number of hydrogen-bond acceptors (Lipinski definition) is 2. The van der Waals surface area contributed by atoms with Crippen molar-refractivity contribution in [3.8, 4) is 0 Å². The van der Waals surface area contributed by atoms with Crippen molar-refractivity contribution in [1.82, 2.24) is 5.32 Å². The molecule has 1 amide bonds. The van der Waals surface area contributed by atoms with Crippen LogP contribution in [0.4, 0.5) is 0 Å². The van der Waals surface area contributed by atoms with Gasteiger partial charge in [0, 0.05) is 0 Å². The molecule has 3 heteroatoms. The van der Waals surface area contributed by atoms with Crippen LogP contribution in [-0.4, -0.2) is 18.0 Å². The highest BCUT2D eigenvalue weighted by atomic mass is 16.1. The van der Waals surface area contributed by atoms with Gasteiger partial charge < -0.3 is 11.1 Å². The number of nitrogens with one attached hydrogen (secondary N) is 1. The molecule has 0 saturated heterocycles. The zero-order valence-corrected chi connectivity index (χ0v) is 11.8. The van der Waals surface area contributed by atoms with E-state index in [1.807, 2.05) is 0 Å². The summed E-state index contributed by atoms with van der Waals surface area (Å²) in [6, 6.07) is 0. The first-order chi connectivity index (χ1) is 7.90. The quantitative estimate of drug-likeness (QED) is 0.774. The number of rotatable bonds is 5. The van der Waals surface area contributed by atoms with Crippen LogP contribution in [0.2, 0.25) is 0 Å². The largest absolute Gasteiger partial charge is 0.368 e. The Morgan fingerprint density at radius 3 is 2.47 bits per heavy atom. The molecule has 1 aliphatic carbocycles. The molecule has 0 aromatic heterocycles. The molecule has 0 spiro atoms. The highest BCUT2D eigenvalue weighted by Crippen LogP contribution is 2.38. The van der Waals surface area contributed by atoms with Gasteiger partial charge in [-0.05, 0) is 37.1 Å². The SMILES string of the molecule is CC(C)CNC1(C(N)=O)CCCCC1C(C)C. The molecule has 2 unspecified atom stereocenters. The van der Waals surface area contributed by atoms with Crippen molar-refractivity contribution >= 4 is 5.91 Å². The number of amides is 1. The van der Waals surface area contributed by atoms with Crippen molar-refractivity contribution in [2.75, 3.05) is 6.54 Å². The van der Waals surface area contributed by atoms with E-state index in [0.29, 0.717) is 17.8 Å². The first-order valence-corrected chi connectivity index (χ1v) is 6.95. The predicted octanol–water partition coefficient (Wildman–Crippen LogP) is 2.30. The molecule has 3 nitrogen and oxygen atoms in total. The maximum Gasteiger partial charge on any atom is 0.238 e. The van der Waals surface area contributed by atoms with Gasteiger partial charge in [-0.2, -0.15) is 0 Å². The number of hydrogen-bond donors (Lipinski definition) is 2. The Kier molecular flexibility index (Phi) is 4.99. The Morgan fingerprint density at radius 1 is 1.35 bits per heavy atom. The molecule has 3 N–H and O–H groups in total. The second-order valence-corrected chi connectivity index (χ2v) is 6.21. The molecule has 0 bridgehead atoms. The van der Waals surface area contributed by atoms with Gasteiger partial charge in [-0.3, -0.25) is 4.79 Å². The Hall–Kier alpha value is -0.570. The van der Waals surface area contributed by atoms with E-state index in [4.69, 9.17) is 5.73 Å². The summed E-state index contributed by atoms with van der Waals surface area (Å²) in [5.41, 5.74) is 5.25. The van der Waals surface area contributed by atoms with E-state index < -0.39 is 5.54 Å². The van der Waals surface area contributed by atoms with Crippen LogP contribution in [0.1, 0.15) is 53.4 Å². The van der Waals surface area contributed by atoms with Crippen LogP contribution in [0, 0.1) is 17.8 Å². The summed E-state index contributed by atoms with van der Waals surface area (Å²) in [5.74, 6) is 1.27. The molecule has 0 radical (unpaired) electrons. The molecule has 0 aromatic rings. The van der Waals surface area contributed by atoms with Gasteiger partial charge in [-0.25, -0.2) is 0 Å². The van der Waals surface area contributed by atoms with Gasteiger partial charge in [0.05, 0.1) is 0 Å². The van der Waals surface area contributed by atoms with Gasteiger partial charge in [-0.15, -0.1) is 0 Å². The fourth-order valence-corrected chi connectivity index (χ4v) is 3.10. The Labute approximate surface area is 106 Å². The van der Waals surface area contributed by atoms with Gasteiger partial charge in [0.2, 0.25) is 5.91 Å². The van der Waals surface area contributed by atoms with Crippen LogP contribution in [0.3, 0.4) is 0 Å². The summed E-state index contributed by atoms with van der Waals surface area (Å²) in [6.07, 6.45) is 4.35. The van der Waals surface area contributed by atoms with Crippen molar-refractivity contribution in [2.24, 2.45) is 23.5 Å². The van der Waals surface area contributed by atoms with E-state index in [9.17, 15) is 4.79 Å². The van der Waals surface area contributed by atoms with E-state index >= 15 is 0 Å². The number of carbonyl (C=O) groups excluding carboxylic acids is 1. The first kappa shape index (κ1) is 14.5. The van der Waals surface area contributed by atoms with Crippen molar-refractivity contribution in [1.29, 1.82) is 0 Å². The topological polar surface area (TPSA) is 55.1 Å². The van der Waals surface area contributed by atoms with Crippen molar-refractivity contribution in [3.63, 3.8) is 0 Å². The maximum atomic E-state index is 12.0. The zero-order chi connectivity index (χ0) is 13.1. The third-order valence-corrected chi connectivity index (χ3v) is 4.04. The third kappa shape index (κ3) is 3.21. The van der Waals surface area contributed by atoms with Crippen LogP contribution in [0.25, 0.3) is 0 Å². The van der Waals surface area contributed by atoms with E-state index in [0.717, 1.165) is 25.8 Å². The first-order valence-electron chi connectivity index (χ1n) is 6.95. The van der Waals surface area contributed by atoms with Gasteiger partial charge in [0.15, 0.2) is 0 Å². The van der Waals surface area contributed by atoms with Crippen LogP contribution in [-0.2, 0) is 4.79 Å². The fourth-order valence-electron chi connectivity index (χ4n) is 3.10. The van der Waals surface area contributed by atoms with Gasteiger partial charge in [0.25, 0.3) is 0 Å². The van der Waals surface area contributed by atoms with E-state index in [-0.39, 0.29) is 5.91 Å². The molecule has 0 heterocycles. The highest BCUT2D eigenvalue weighted by molar-refractivity contribution is 5.85. The molecule has 1 rings (SSSR count). The molecule has 1 aliphatic rings. The minimum absolute atomic E-state index is 0.156. The van der Waals surface area contributed by atoms with Gasteiger partial charge >= 0.3 is 0 Å². The van der Waals surface area contributed by atoms with Gasteiger partial charge in [0.1, 0.15) is 5.54 Å². The summed E-state index contributed by atoms with van der Waals surface area (Å²) in [7, 11) is 0. The summed E-state index contributed by atoms with van der Waals surface area (Å²) < 4.78 is 0. The van der Waals surface area contributed by atoms with E-state index in [1.165, 1.54) is 6.42 Å². The standard InChI is InChI=1S/C14H28N2O/c1-10(2)9-16-14(13(15)17)8-6-5-7-12(14)11(3)4/h10-12,16H,5-9H2,1-4H3,(H2,15,17). The second kappa shape index (κ2) is 5.85. The Morgan fingerprint density at radius 2 is 2.00 bits per heavy atom. The minimum atomic E-state index is -0.462. The van der Waals surface area contributed by atoms with Crippen molar-refractivity contribution < 1.29 is 4.79 Å². The summed E-state index contributed by atoms with van der Waals surface area (Å²) in [5, 5.41) is 3.49. The number of primary amides is 1. The lowest BCUT2D eigenvalue weighted by atomic mass is 9.67. The molecule has 100 valence electrons. The average molecular weight is 240 g/mol. The molecular formula is C14H28N2O. The molecule has 0 aromatic carbocycles. The average Bonchev–Trinajstić information content (AvgIpc) is 2.26. The smallest absolute Gasteiger partial charge is 0.238 e. The lowest BCUT2D eigenvalue weighted by Gasteiger charge is -2.45. The lowest BCUT2D eigenvalue weighted by Crippen LogP contribution is -2.63. The van der Waals surface area contributed by atoms with Crippen LogP contribution >= 0.6 is 0 Å². The molecule has 17 heavy (non-hydrogen) atoms. The monoisotopic (exact) mass is 240 g/mol. The minimum Gasteiger partial charge on any atom is -0.368 e. The molecular weight excluding hydrogens is 212 g/mol. The lowest BCUT2D eigenvalue weighted by molar-refractivity contribution is -0.129. The zero-order valence-electron chi connectivity index (χ0n) is 11.8. The molecule has 0 aliphatic heterocycles. The Bertz CT molecular complexity index is 263. The Balaban J connectivity index is 2.88. The summed E-state index contributed by atoms with van der Waals surface area (Å²) in [6.45, 7) is 9.59. The second-order valence-electron chi connectivity index (χ2n) is 6.21. The summed E-state index contributed by atoms with van der Waals surface area (Å²) >= 11 is 0. The molecule has 1 fully saturated rings. The van der Waals surface area contributed by atoms with Crippen LogP contribution in [0.5, 0.6) is 0 Å². The van der Waals surface area contributed by atoms with E-state index in [2.05, 4.69) is 33.0 Å². The third-order valence-electron chi connectivity index (χ3n) is 4.04. The normalized spacial score (nSPS) is 29.9. The molecule has 2 atom stereocenters. The highest BCUT2D eigenvalue weighted by Gasteiger charge is 2.46. The van der Waals surface area contributed by atoms with E-state index in [1.54, 1.807) is 0 Å². The summed E-state index contributed by atoms with van der Waals surface area (Å²) in [4.78, 5) is 12.0. The van der Waals surface area contributed by atoms with Crippen molar-refractivity contribution in [3.05, 3.63) is 0 Å². The fraction of sp³-hybridized carbons (Fsp3) is 0.929. The maximum absolute atomic E-state index is 12.0.